The molecule has 0 radical (unpaired) electrons. The van der Waals surface area contributed by atoms with Crippen molar-refractivity contribution in [1.29, 1.82) is 0 Å². The Bertz CT molecular complexity index is 904. The summed E-state index contributed by atoms with van der Waals surface area (Å²) in [6, 6.07) is 11.2. The van der Waals surface area contributed by atoms with Crippen LogP contribution in [0.5, 0.6) is 0 Å². The van der Waals surface area contributed by atoms with E-state index in [1.54, 1.807) is 17.4 Å². The normalized spacial score (nSPS) is 14.4. The number of H-pyrrole nitrogens is 1. The predicted molar refractivity (Wildman–Crippen MR) is 104 cm³/mol. The number of para-hydroxylation sites is 1. The van der Waals surface area contributed by atoms with Gasteiger partial charge in [0.2, 0.25) is 0 Å². The Morgan fingerprint density at radius 1 is 1.27 bits per heavy atom. The smallest absolute Gasteiger partial charge is 0.276 e. The molecule has 1 aliphatic rings. The molecule has 3 heterocycles. The zero-order chi connectivity index (χ0) is 17.9. The lowest BCUT2D eigenvalue weighted by Gasteiger charge is -2.31. The van der Waals surface area contributed by atoms with Crippen LogP contribution in [0.15, 0.2) is 41.8 Å². The van der Waals surface area contributed by atoms with Gasteiger partial charge in [0.1, 0.15) is 0 Å². The molecule has 3 aromatic rings. The Labute approximate surface area is 159 Å². The molecule has 0 aliphatic carbocycles. The first-order valence-electron chi connectivity index (χ1n) is 8.24. The van der Waals surface area contributed by atoms with E-state index in [9.17, 15) is 4.79 Å². The predicted octanol–water partition coefficient (Wildman–Crippen LogP) is 3.88. The van der Waals surface area contributed by atoms with E-state index in [4.69, 9.17) is 16.3 Å². The Hall–Kier alpha value is -2.35. The minimum Gasteiger partial charge on any atom is -0.378 e. The number of aromatic amines is 1. The molecule has 0 bridgehead atoms. The van der Waals surface area contributed by atoms with Crippen molar-refractivity contribution >= 4 is 40.2 Å². The summed E-state index contributed by atoms with van der Waals surface area (Å²) in [5.41, 5.74) is 2.65. The highest BCUT2D eigenvalue weighted by molar-refractivity contribution is 7.13. The van der Waals surface area contributed by atoms with E-state index in [0.29, 0.717) is 29.6 Å². The van der Waals surface area contributed by atoms with Crippen LogP contribution in [0.1, 0.15) is 10.5 Å². The van der Waals surface area contributed by atoms with Crippen LogP contribution in [0.25, 0.3) is 10.6 Å². The second-order valence-electron chi connectivity index (χ2n) is 5.83. The molecular weight excluding hydrogens is 372 g/mol. The summed E-state index contributed by atoms with van der Waals surface area (Å²) in [5.74, 6) is -0.277. The van der Waals surface area contributed by atoms with E-state index < -0.39 is 0 Å². The molecule has 0 atom stereocenters. The van der Waals surface area contributed by atoms with Crippen LogP contribution in [0.4, 0.5) is 11.4 Å². The molecule has 8 heteroatoms. The number of ether oxygens (including phenoxy) is 1. The molecule has 0 spiro atoms. The third-order valence-electron chi connectivity index (χ3n) is 4.16. The van der Waals surface area contributed by atoms with Crippen LogP contribution in [0.3, 0.4) is 0 Å². The van der Waals surface area contributed by atoms with Crippen LogP contribution < -0.4 is 10.2 Å². The average Bonchev–Trinajstić information content (AvgIpc) is 3.34. The number of hydrogen-bond donors (Lipinski definition) is 2. The lowest BCUT2D eigenvalue weighted by Crippen LogP contribution is -2.37. The highest BCUT2D eigenvalue weighted by Gasteiger charge is 2.20. The van der Waals surface area contributed by atoms with Crippen molar-refractivity contribution in [1.82, 2.24) is 10.2 Å². The van der Waals surface area contributed by atoms with Crippen molar-refractivity contribution in [2.45, 2.75) is 0 Å². The van der Waals surface area contributed by atoms with Crippen molar-refractivity contribution in [2.75, 3.05) is 36.5 Å². The van der Waals surface area contributed by atoms with E-state index in [2.05, 4.69) is 20.4 Å². The Balaban J connectivity index is 1.57. The molecule has 4 rings (SSSR count). The van der Waals surface area contributed by atoms with Gasteiger partial charge in [0, 0.05) is 13.1 Å². The first kappa shape index (κ1) is 17.1. The number of anilines is 2. The number of carbonyl (C=O) groups is 1. The van der Waals surface area contributed by atoms with Crippen LogP contribution in [-0.4, -0.2) is 42.4 Å². The first-order valence-corrected chi connectivity index (χ1v) is 9.50. The Morgan fingerprint density at radius 3 is 2.88 bits per heavy atom. The highest BCUT2D eigenvalue weighted by atomic mass is 35.5. The summed E-state index contributed by atoms with van der Waals surface area (Å²) in [6.07, 6.45) is 0. The van der Waals surface area contributed by atoms with Crippen molar-refractivity contribution in [3.63, 3.8) is 0 Å². The van der Waals surface area contributed by atoms with E-state index in [-0.39, 0.29) is 5.91 Å². The van der Waals surface area contributed by atoms with Gasteiger partial charge in [0.15, 0.2) is 5.69 Å². The average molecular weight is 389 g/mol. The SMILES string of the molecule is O=C(Nc1cccc(Cl)c1N1CCOCC1)c1cc(-c2cccs2)[nH]n1. The van der Waals surface area contributed by atoms with E-state index in [1.165, 1.54) is 0 Å². The molecule has 0 saturated carbocycles. The standard InChI is InChI=1S/C18H17ClN4O2S/c19-12-3-1-4-13(17(12)23-6-8-25-9-7-23)20-18(24)15-11-14(21-22-15)16-5-2-10-26-16/h1-5,10-11H,6-9H2,(H,20,24)(H,21,22). The van der Waals surface area contributed by atoms with E-state index in [0.717, 1.165) is 29.3 Å². The highest BCUT2D eigenvalue weighted by Crippen LogP contribution is 2.34. The quantitative estimate of drug-likeness (QED) is 0.711. The lowest BCUT2D eigenvalue weighted by atomic mass is 10.2. The number of benzene rings is 1. The number of nitrogens with one attached hydrogen (secondary N) is 2. The fourth-order valence-electron chi connectivity index (χ4n) is 2.91. The maximum atomic E-state index is 12.7. The van der Waals surface area contributed by atoms with Crippen molar-refractivity contribution < 1.29 is 9.53 Å². The zero-order valence-electron chi connectivity index (χ0n) is 13.9. The molecule has 6 nitrogen and oxygen atoms in total. The fraction of sp³-hybridized carbons (Fsp3) is 0.222. The Kier molecular flexibility index (Phi) is 4.92. The van der Waals surface area contributed by atoms with Gasteiger partial charge in [-0.1, -0.05) is 23.7 Å². The second-order valence-corrected chi connectivity index (χ2v) is 7.19. The molecule has 1 fully saturated rings. The Morgan fingerprint density at radius 2 is 2.12 bits per heavy atom. The minimum absolute atomic E-state index is 0.277. The number of amides is 1. The maximum Gasteiger partial charge on any atom is 0.276 e. The lowest BCUT2D eigenvalue weighted by molar-refractivity contribution is 0.102. The zero-order valence-corrected chi connectivity index (χ0v) is 15.4. The first-order chi connectivity index (χ1) is 12.7. The number of halogens is 1. The van der Waals surface area contributed by atoms with Crippen LogP contribution >= 0.6 is 22.9 Å². The summed E-state index contributed by atoms with van der Waals surface area (Å²) < 4.78 is 5.40. The van der Waals surface area contributed by atoms with E-state index in [1.807, 2.05) is 35.7 Å². The fourth-order valence-corrected chi connectivity index (χ4v) is 3.89. The summed E-state index contributed by atoms with van der Waals surface area (Å²) >= 11 is 8.00. The van der Waals surface area contributed by atoms with Gasteiger partial charge in [-0.2, -0.15) is 5.10 Å². The van der Waals surface area contributed by atoms with Gasteiger partial charge in [0.25, 0.3) is 5.91 Å². The molecule has 26 heavy (non-hydrogen) atoms. The molecule has 0 unspecified atom stereocenters. The monoisotopic (exact) mass is 388 g/mol. The third-order valence-corrected chi connectivity index (χ3v) is 5.37. The minimum atomic E-state index is -0.277. The topological polar surface area (TPSA) is 70.2 Å². The van der Waals surface area contributed by atoms with Gasteiger partial charge < -0.3 is 15.0 Å². The van der Waals surface area contributed by atoms with E-state index >= 15 is 0 Å². The molecule has 1 aromatic carbocycles. The second kappa shape index (κ2) is 7.49. The van der Waals surface area contributed by atoms with Crippen molar-refractivity contribution in [2.24, 2.45) is 0 Å². The number of morpholine rings is 1. The van der Waals surface area contributed by atoms with Gasteiger partial charge in [-0.3, -0.25) is 9.89 Å². The van der Waals surface area contributed by atoms with Gasteiger partial charge in [-0.25, -0.2) is 0 Å². The van der Waals surface area contributed by atoms with Crippen LogP contribution in [0, 0.1) is 0 Å². The molecule has 1 saturated heterocycles. The molecular formula is C18H17ClN4O2S. The summed E-state index contributed by atoms with van der Waals surface area (Å²) in [7, 11) is 0. The summed E-state index contributed by atoms with van der Waals surface area (Å²) in [5, 5.41) is 12.6. The molecule has 1 aliphatic heterocycles. The van der Waals surface area contributed by atoms with Gasteiger partial charge in [0.05, 0.1) is 40.2 Å². The number of aromatic nitrogens is 2. The number of rotatable bonds is 4. The maximum absolute atomic E-state index is 12.7. The number of nitrogens with zero attached hydrogens (tertiary/aromatic N) is 2. The third kappa shape index (κ3) is 3.46. The summed E-state index contributed by atoms with van der Waals surface area (Å²) in [4.78, 5) is 15.8. The molecule has 134 valence electrons. The van der Waals surface area contributed by atoms with Crippen LogP contribution in [0.2, 0.25) is 5.02 Å². The number of carbonyl (C=O) groups excluding carboxylic acids is 1. The van der Waals surface area contributed by atoms with Gasteiger partial charge in [-0.05, 0) is 29.6 Å². The largest absolute Gasteiger partial charge is 0.378 e. The molecule has 1 amide bonds. The van der Waals surface area contributed by atoms with Gasteiger partial charge in [-0.15, -0.1) is 11.3 Å². The number of thiophene rings is 1. The molecule has 2 N–H and O–H groups in total. The summed E-state index contributed by atoms with van der Waals surface area (Å²) in [6.45, 7) is 2.75. The van der Waals surface area contributed by atoms with Crippen LogP contribution in [-0.2, 0) is 4.74 Å². The molecule has 2 aromatic heterocycles. The van der Waals surface area contributed by atoms with Gasteiger partial charge >= 0.3 is 0 Å². The van der Waals surface area contributed by atoms with Crippen molar-refractivity contribution in [3.8, 4) is 10.6 Å². The number of hydrogen-bond acceptors (Lipinski definition) is 5. The van der Waals surface area contributed by atoms with Crippen molar-refractivity contribution in [3.05, 3.63) is 52.5 Å².